The van der Waals surface area contributed by atoms with E-state index in [-0.39, 0.29) is 23.8 Å². The third-order valence-electron chi connectivity index (χ3n) is 3.17. The highest BCUT2D eigenvalue weighted by atomic mass is 35.5. The van der Waals surface area contributed by atoms with Gasteiger partial charge in [0, 0.05) is 29.9 Å². The number of hydrogen-bond acceptors (Lipinski definition) is 5. The van der Waals surface area contributed by atoms with Crippen molar-refractivity contribution >= 4 is 23.3 Å². The van der Waals surface area contributed by atoms with Gasteiger partial charge in [-0.15, -0.1) is 5.10 Å². The lowest BCUT2D eigenvalue weighted by Crippen LogP contribution is -2.06. The Balaban J connectivity index is 1.85. The van der Waals surface area contributed by atoms with E-state index in [1.165, 1.54) is 11.6 Å². The number of nitrogens with zero attached hydrogens (tertiary/aromatic N) is 4. The van der Waals surface area contributed by atoms with E-state index in [4.69, 9.17) is 16.3 Å². The van der Waals surface area contributed by atoms with Crippen LogP contribution in [0.25, 0.3) is 5.78 Å². The van der Waals surface area contributed by atoms with Gasteiger partial charge in [-0.2, -0.15) is 9.50 Å². The predicted molar refractivity (Wildman–Crippen MR) is 80.8 cm³/mol. The molecule has 0 aliphatic rings. The molecule has 120 valence electrons. The molecular weight excluding hydrogens is 328 g/mol. The lowest BCUT2D eigenvalue weighted by atomic mass is 10.2. The minimum absolute atomic E-state index is 0.112. The molecule has 3 aromatic rings. The lowest BCUT2D eigenvalue weighted by Gasteiger charge is -2.07. The molecule has 0 bridgehead atoms. The van der Waals surface area contributed by atoms with E-state index in [2.05, 4.69) is 20.4 Å². The first-order valence-electron chi connectivity index (χ1n) is 6.63. The Morgan fingerprint density at radius 1 is 1.22 bits per heavy atom. The summed E-state index contributed by atoms with van der Waals surface area (Å²) in [5, 5.41) is 7.19. The van der Waals surface area contributed by atoms with Crippen molar-refractivity contribution < 1.29 is 13.5 Å². The summed E-state index contributed by atoms with van der Waals surface area (Å²) in [4.78, 5) is 8.29. The summed E-state index contributed by atoms with van der Waals surface area (Å²) in [5.74, 6) is -0.857. The molecule has 0 amide bonds. The van der Waals surface area contributed by atoms with Crippen LogP contribution in [0.2, 0.25) is 5.15 Å². The molecule has 3 rings (SSSR count). The molecule has 0 saturated carbocycles. The number of rotatable bonds is 4. The summed E-state index contributed by atoms with van der Waals surface area (Å²) >= 11 is 6.04. The number of anilines is 1. The second kappa shape index (κ2) is 5.96. The predicted octanol–water partition coefficient (Wildman–Crippen LogP) is 2.99. The van der Waals surface area contributed by atoms with Crippen LogP contribution >= 0.6 is 11.6 Å². The first-order valence-corrected chi connectivity index (χ1v) is 7.01. The zero-order chi connectivity index (χ0) is 16.6. The minimum atomic E-state index is -0.717. The number of nitrogens with one attached hydrogen (secondary N) is 1. The van der Waals surface area contributed by atoms with Gasteiger partial charge in [0.25, 0.3) is 5.78 Å². The van der Waals surface area contributed by atoms with E-state index in [1.807, 2.05) is 0 Å². The summed E-state index contributed by atoms with van der Waals surface area (Å²) in [7, 11) is 1.34. The molecule has 0 unspecified atom stereocenters. The quantitative estimate of drug-likeness (QED) is 0.740. The molecule has 0 fully saturated rings. The van der Waals surface area contributed by atoms with Gasteiger partial charge >= 0.3 is 0 Å². The Kier molecular flexibility index (Phi) is 3.99. The molecule has 0 saturated heterocycles. The number of aromatic nitrogens is 4. The van der Waals surface area contributed by atoms with Gasteiger partial charge in [0.05, 0.1) is 7.11 Å². The Bertz CT molecular complexity index is 860. The number of ether oxygens (including phenoxy) is 1. The SMILES string of the molecule is COc1cc(F)c(CNc2nc3nc(C)cc(Cl)n3n2)c(F)c1. The smallest absolute Gasteiger partial charge is 0.255 e. The lowest BCUT2D eigenvalue weighted by molar-refractivity contribution is 0.405. The standard InChI is InChI=1S/C14H12ClF2N5O/c1-7-3-12(15)22-14(19-7)20-13(21-22)18-6-9-10(16)4-8(23-2)5-11(9)17/h3-5H,6H2,1-2H3,(H,18,21). The van der Waals surface area contributed by atoms with Gasteiger partial charge in [0.1, 0.15) is 22.5 Å². The Hall–Kier alpha value is -2.48. The van der Waals surface area contributed by atoms with Crippen molar-refractivity contribution in [2.75, 3.05) is 12.4 Å². The average Bonchev–Trinajstić information content (AvgIpc) is 2.89. The van der Waals surface area contributed by atoms with Gasteiger partial charge in [-0.3, -0.25) is 0 Å². The molecule has 9 heteroatoms. The zero-order valence-corrected chi connectivity index (χ0v) is 13.0. The summed E-state index contributed by atoms with van der Waals surface area (Å²) < 4.78 is 33.9. The number of methoxy groups -OCH3 is 1. The van der Waals surface area contributed by atoms with Crippen molar-refractivity contribution in [3.05, 3.63) is 46.2 Å². The second-order valence-corrected chi connectivity index (χ2v) is 5.18. The summed E-state index contributed by atoms with van der Waals surface area (Å²) in [6.45, 7) is 1.64. The van der Waals surface area contributed by atoms with Crippen molar-refractivity contribution in [1.82, 2.24) is 19.6 Å². The van der Waals surface area contributed by atoms with Crippen LogP contribution in [0.3, 0.4) is 0 Å². The van der Waals surface area contributed by atoms with Crippen LogP contribution < -0.4 is 10.1 Å². The molecular formula is C14H12ClF2N5O. The number of fused-ring (bicyclic) bond motifs is 1. The molecule has 0 radical (unpaired) electrons. The maximum atomic E-state index is 13.9. The normalized spacial score (nSPS) is 11.0. The van der Waals surface area contributed by atoms with E-state index in [1.54, 1.807) is 13.0 Å². The largest absolute Gasteiger partial charge is 0.497 e. The number of benzene rings is 1. The molecule has 0 atom stereocenters. The molecule has 1 N–H and O–H groups in total. The van der Waals surface area contributed by atoms with E-state index in [0.29, 0.717) is 16.6 Å². The van der Waals surface area contributed by atoms with Gasteiger partial charge in [-0.1, -0.05) is 11.6 Å². The van der Waals surface area contributed by atoms with Crippen molar-refractivity contribution in [2.45, 2.75) is 13.5 Å². The second-order valence-electron chi connectivity index (χ2n) is 4.79. The number of aryl methyl sites for hydroxylation is 1. The third-order valence-corrected chi connectivity index (χ3v) is 3.44. The highest BCUT2D eigenvalue weighted by molar-refractivity contribution is 6.29. The van der Waals surface area contributed by atoms with E-state index >= 15 is 0 Å². The Morgan fingerprint density at radius 3 is 2.57 bits per heavy atom. The molecule has 0 aliphatic heterocycles. The molecule has 2 aromatic heterocycles. The average molecular weight is 340 g/mol. The number of halogens is 3. The fourth-order valence-corrected chi connectivity index (χ4v) is 2.32. The van der Waals surface area contributed by atoms with Crippen LogP contribution in [0, 0.1) is 18.6 Å². The monoisotopic (exact) mass is 339 g/mol. The van der Waals surface area contributed by atoms with Crippen LogP contribution in [0.5, 0.6) is 5.75 Å². The first-order chi connectivity index (χ1) is 11.0. The van der Waals surface area contributed by atoms with Gasteiger partial charge in [0.15, 0.2) is 0 Å². The van der Waals surface area contributed by atoms with Crippen LogP contribution in [0.4, 0.5) is 14.7 Å². The van der Waals surface area contributed by atoms with Gasteiger partial charge in [-0.05, 0) is 13.0 Å². The van der Waals surface area contributed by atoms with Crippen molar-refractivity contribution in [1.29, 1.82) is 0 Å². The zero-order valence-electron chi connectivity index (χ0n) is 12.3. The highest BCUT2D eigenvalue weighted by Gasteiger charge is 2.13. The summed E-state index contributed by atoms with van der Waals surface area (Å²) in [5.41, 5.74) is 0.550. The van der Waals surface area contributed by atoms with Crippen molar-refractivity contribution in [3.8, 4) is 5.75 Å². The Morgan fingerprint density at radius 2 is 1.91 bits per heavy atom. The third kappa shape index (κ3) is 3.02. The van der Waals surface area contributed by atoms with Gasteiger partial charge < -0.3 is 10.1 Å². The maximum Gasteiger partial charge on any atom is 0.255 e. The van der Waals surface area contributed by atoms with Crippen LogP contribution in [0.1, 0.15) is 11.3 Å². The van der Waals surface area contributed by atoms with Crippen LogP contribution in [-0.2, 0) is 6.54 Å². The maximum absolute atomic E-state index is 13.9. The summed E-state index contributed by atoms with van der Waals surface area (Å²) in [6, 6.07) is 3.85. The van der Waals surface area contributed by atoms with E-state index < -0.39 is 11.6 Å². The van der Waals surface area contributed by atoms with Gasteiger partial charge in [0.2, 0.25) is 5.95 Å². The summed E-state index contributed by atoms with van der Waals surface area (Å²) in [6.07, 6.45) is 0. The molecule has 2 heterocycles. The fraction of sp³-hybridized carbons (Fsp3) is 0.214. The molecule has 6 nitrogen and oxygen atoms in total. The first kappa shape index (κ1) is 15.4. The van der Waals surface area contributed by atoms with Crippen LogP contribution in [-0.4, -0.2) is 26.7 Å². The van der Waals surface area contributed by atoms with Crippen LogP contribution in [0.15, 0.2) is 18.2 Å². The topological polar surface area (TPSA) is 64.3 Å². The molecule has 0 aliphatic carbocycles. The highest BCUT2D eigenvalue weighted by Crippen LogP contribution is 2.21. The Labute approximate surface area is 135 Å². The van der Waals surface area contributed by atoms with Gasteiger partial charge in [-0.25, -0.2) is 13.8 Å². The fourth-order valence-electron chi connectivity index (χ4n) is 2.05. The number of hydrogen-bond donors (Lipinski definition) is 1. The van der Waals surface area contributed by atoms with Crippen molar-refractivity contribution in [3.63, 3.8) is 0 Å². The van der Waals surface area contributed by atoms with Crippen molar-refractivity contribution in [2.24, 2.45) is 0 Å². The molecule has 1 aromatic carbocycles. The minimum Gasteiger partial charge on any atom is -0.497 e. The van der Waals surface area contributed by atoms with E-state index in [9.17, 15) is 8.78 Å². The molecule has 23 heavy (non-hydrogen) atoms. The van der Waals surface area contributed by atoms with E-state index in [0.717, 1.165) is 12.1 Å². The molecule has 0 spiro atoms.